The average Bonchev–Trinajstić information content (AvgIpc) is 2.85. The summed E-state index contributed by atoms with van der Waals surface area (Å²) in [4.78, 5) is 28.2. The first-order valence-corrected chi connectivity index (χ1v) is 11.2. The van der Waals surface area contributed by atoms with Crippen molar-refractivity contribution in [2.45, 2.75) is 44.4 Å². The number of halogens is 1. The van der Waals surface area contributed by atoms with Gasteiger partial charge >= 0.3 is 0 Å². The van der Waals surface area contributed by atoms with Gasteiger partial charge in [-0.25, -0.2) is 19.3 Å². The molecule has 1 N–H and O–H groups in total. The largest absolute Gasteiger partial charge is 0.472 e. The van der Waals surface area contributed by atoms with Crippen molar-refractivity contribution in [2.24, 2.45) is 5.92 Å². The number of aliphatic hydroxyl groups excluding tert-OH is 1. The molecule has 3 aliphatic rings. The molecule has 4 heterocycles. The molecule has 8 heteroatoms. The number of fused-ring (bicyclic) bond motifs is 3. The summed E-state index contributed by atoms with van der Waals surface area (Å²) >= 11 is 0. The minimum atomic E-state index is -0.563. The minimum Gasteiger partial charge on any atom is -0.472 e. The van der Waals surface area contributed by atoms with Gasteiger partial charge < -0.3 is 14.7 Å². The monoisotopic (exact) mass is 448 g/mol. The van der Waals surface area contributed by atoms with E-state index in [1.807, 2.05) is 19.1 Å². The van der Waals surface area contributed by atoms with Gasteiger partial charge in [-0.1, -0.05) is 12.1 Å². The Bertz CT molecular complexity index is 1140. The Labute approximate surface area is 191 Å². The van der Waals surface area contributed by atoms with E-state index in [4.69, 9.17) is 4.74 Å². The average molecular weight is 448 g/mol. The van der Waals surface area contributed by atoms with E-state index in [0.29, 0.717) is 5.88 Å². The van der Waals surface area contributed by atoms with Crippen LogP contribution in [0.4, 0.5) is 4.39 Å². The van der Waals surface area contributed by atoms with Crippen LogP contribution in [0.25, 0.3) is 11.4 Å². The lowest BCUT2D eigenvalue weighted by Gasteiger charge is -2.54. The number of amides is 1. The predicted molar refractivity (Wildman–Crippen MR) is 119 cm³/mol. The molecule has 0 radical (unpaired) electrons. The predicted octanol–water partition coefficient (Wildman–Crippen LogP) is 3.42. The Kier molecular flexibility index (Phi) is 5.76. The number of piperidine rings is 2. The SMILES string of the molecule is Cc1ccc(OC2CC3CCC2N(C(=O)c2cccc(F)c2-c2ncccn2)C3CO)nc1. The van der Waals surface area contributed by atoms with Gasteiger partial charge in [0.05, 0.1) is 29.8 Å². The zero-order chi connectivity index (χ0) is 22.9. The third-order valence-electron chi connectivity index (χ3n) is 6.67. The van der Waals surface area contributed by atoms with E-state index in [-0.39, 0.29) is 53.6 Å². The maximum absolute atomic E-state index is 14.9. The van der Waals surface area contributed by atoms with Crippen LogP contribution in [0.2, 0.25) is 0 Å². The molecular weight excluding hydrogens is 423 g/mol. The lowest BCUT2D eigenvalue weighted by molar-refractivity contribution is -0.0779. The van der Waals surface area contributed by atoms with Gasteiger partial charge in [-0.05, 0) is 55.9 Å². The molecule has 3 fully saturated rings. The molecule has 1 aromatic carbocycles. The van der Waals surface area contributed by atoms with Crippen molar-refractivity contribution in [2.75, 3.05) is 6.61 Å². The third-order valence-corrected chi connectivity index (χ3v) is 6.67. The Morgan fingerprint density at radius 3 is 2.70 bits per heavy atom. The van der Waals surface area contributed by atoms with Crippen molar-refractivity contribution in [1.82, 2.24) is 19.9 Å². The van der Waals surface area contributed by atoms with Crippen LogP contribution in [-0.4, -0.2) is 55.7 Å². The second-order valence-electron chi connectivity index (χ2n) is 8.67. The third kappa shape index (κ3) is 3.95. The summed E-state index contributed by atoms with van der Waals surface area (Å²) in [6.45, 7) is 1.80. The molecule has 7 nitrogen and oxygen atoms in total. The number of aromatic nitrogens is 3. The normalized spacial score (nSPS) is 24.0. The van der Waals surface area contributed by atoms with Crippen molar-refractivity contribution in [3.63, 3.8) is 0 Å². The molecule has 4 unspecified atom stereocenters. The lowest BCUT2D eigenvalue weighted by atomic mass is 9.72. The summed E-state index contributed by atoms with van der Waals surface area (Å²) in [5, 5.41) is 10.2. The van der Waals surface area contributed by atoms with Crippen LogP contribution in [0.3, 0.4) is 0 Å². The van der Waals surface area contributed by atoms with Gasteiger partial charge in [0.15, 0.2) is 5.82 Å². The van der Waals surface area contributed by atoms with Gasteiger partial charge in [0.25, 0.3) is 5.91 Å². The van der Waals surface area contributed by atoms with Crippen LogP contribution >= 0.6 is 0 Å². The van der Waals surface area contributed by atoms with E-state index in [9.17, 15) is 14.3 Å². The molecule has 170 valence electrons. The smallest absolute Gasteiger partial charge is 0.255 e. The van der Waals surface area contributed by atoms with Crippen LogP contribution in [0.15, 0.2) is 55.0 Å². The fourth-order valence-electron chi connectivity index (χ4n) is 5.13. The molecule has 1 saturated carbocycles. The number of aliphatic hydroxyl groups is 1. The van der Waals surface area contributed by atoms with E-state index in [0.717, 1.165) is 24.8 Å². The van der Waals surface area contributed by atoms with Gasteiger partial charge in [-0.15, -0.1) is 0 Å². The summed E-state index contributed by atoms with van der Waals surface area (Å²) in [5.74, 6) is -0.166. The first kappa shape index (κ1) is 21.5. The number of aryl methyl sites for hydroxylation is 1. The Morgan fingerprint density at radius 1 is 1.15 bits per heavy atom. The van der Waals surface area contributed by atoms with Crippen molar-refractivity contribution in [3.8, 4) is 17.3 Å². The molecule has 2 aromatic heterocycles. The topological polar surface area (TPSA) is 88.4 Å². The zero-order valence-electron chi connectivity index (χ0n) is 18.3. The summed E-state index contributed by atoms with van der Waals surface area (Å²) in [6, 6.07) is 9.18. The van der Waals surface area contributed by atoms with Gasteiger partial charge in [-0.2, -0.15) is 0 Å². The number of ether oxygens (including phenoxy) is 1. The molecule has 4 atom stereocenters. The van der Waals surface area contributed by atoms with E-state index >= 15 is 0 Å². The second-order valence-corrected chi connectivity index (χ2v) is 8.67. The highest BCUT2D eigenvalue weighted by Crippen LogP contribution is 2.42. The Balaban J connectivity index is 1.50. The highest BCUT2D eigenvalue weighted by Gasteiger charge is 2.50. The molecule has 3 aromatic rings. The van der Waals surface area contributed by atoms with Gasteiger partial charge in [0.1, 0.15) is 11.9 Å². The molecule has 2 saturated heterocycles. The van der Waals surface area contributed by atoms with Gasteiger partial charge in [0, 0.05) is 24.7 Å². The van der Waals surface area contributed by atoms with Crippen LogP contribution in [0.5, 0.6) is 5.88 Å². The number of hydrogen-bond acceptors (Lipinski definition) is 6. The van der Waals surface area contributed by atoms with Crippen molar-refractivity contribution in [3.05, 3.63) is 71.9 Å². The van der Waals surface area contributed by atoms with E-state index in [1.54, 1.807) is 23.2 Å². The quantitative estimate of drug-likeness (QED) is 0.644. The first-order chi connectivity index (χ1) is 16.1. The van der Waals surface area contributed by atoms with Crippen LogP contribution in [0.1, 0.15) is 35.2 Å². The molecule has 1 amide bonds. The van der Waals surface area contributed by atoms with E-state index in [2.05, 4.69) is 15.0 Å². The summed E-state index contributed by atoms with van der Waals surface area (Å²) in [6.07, 6.45) is 6.90. The fraction of sp³-hybridized carbons (Fsp3) is 0.360. The standard InChI is InChI=1S/C25H25FN4O3/c1-15-6-9-22(29-13-15)33-21-12-16-7-8-19(21)30(20(16)14-31)25(32)17-4-2-5-18(26)23(17)24-27-10-3-11-28-24/h2-6,9-11,13,16,19-21,31H,7-8,12,14H2,1H3. The summed E-state index contributed by atoms with van der Waals surface area (Å²) in [7, 11) is 0. The number of hydrogen-bond donors (Lipinski definition) is 1. The fourth-order valence-corrected chi connectivity index (χ4v) is 5.13. The van der Waals surface area contributed by atoms with Crippen molar-refractivity contribution < 1.29 is 19.0 Å². The second kappa shape index (κ2) is 8.86. The Morgan fingerprint density at radius 2 is 1.97 bits per heavy atom. The Hall–Kier alpha value is -3.39. The molecule has 6 rings (SSSR count). The van der Waals surface area contributed by atoms with Crippen LogP contribution in [0, 0.1) is 18.7 Å². The summed E-state index contributed by atoms with van der Waals surface area (Å²) < 4.78 is 21.1. The number of benzene rings is 1. The number of rotatable bonds is 5. The number of carbonyl (C=O) groups is 1. The van der Waals surface area contributed by atoms with Gasteiger partial charge in [0.2, 0.25) is 5.88 Å². The molecule has 2 bridgehead atoms. The molecule has 2 aliphatic heterocycles. The number of nitrogens with zero attached hydrogens (tertiary/aromatic N) is 4. The van der Waals surface area contributed by atoms with E-state index in [1.165, 1.54) is 24.5 Å². The number of pyridine rings is 1. The van der Waals surface area contributed by atoms with E-state index < -0.39 is 5.82 Å². The maximum atomic E-state index is 14.9. The number of carbonyl (C=O) groups excluding carboxylic acids is 1. The molecule has 1 aliphatic carbocycles. The highest BCUT2D eigenvalue weighted by atomic mass is 19.1. The minimum absolute atomic E-state index is 0.0684. The van der Waals surface area contributed by atoms with Crippen molar-refractivity contribution >= 4 is 5.91 Å². The lowest BCUT2D eigenvalue weighted by Crippen LogP contribution is -2.65. The van der Waals surface area contributed by atoms with Gasteiger partial charge in [-0.3, -0.25) is 4.79 Å². The van der Waals surface area contributed by atoms with Crippen LogP contribution < -0.4 is 4.74 Å². The molecule has 0 spiro atoms. The van der Waals surface area contributed by atoms with Crippen molar-refractivity contribution in [1.29, 1.82) is 0 Å². The van der Waals surface area contributed by atoms with Crippen LogP contribution in [-0.2, 0) is 0 Å². The zero-order valence-corrected chi connectivity index (χ0v) is 18.3. The first-order valence-electron chi connectivity index (χ1n) is 11.2. The summed E-state index contributed by atoms with van der Waals surface area (Å²) in [5.41, 5.74) is 1.28. The molecular formula is C25H25FN4O3. The maximum Gasteiger partial charge on any atom is 0.255 e. The molecule has 33 heavy (non-hydrogen) atoms. The highest BCUT2D eigenvalue weighted by molar-refractivity contribution is 6.00.